The molecule has 0 aliphatic carbocycles. The van der Waals surface area contributed by atoms with E-state index in [0.29, 0.717) is 6.61 Å². The summed E-state index contributed by atoms with van der Waals surface area (Å²) in [5.41, 5.74) is 0. The largest absolute Gasteiger partial charge is 0.601 e. The SMILES string of the molecule is CCCOC(=O)[n+]1ccccc1. The van der Waals surface area contributed by atoms with Crippen molar-refractivity contribution in [2.24, 2.45) is 0 Å². The maximum atomic E-state index is 11.1. The van der Waals surface area contributed by atoms with E-state index in [1.54, 1.807) is 24.5 Å². The van der Waals surface area contributed by atoms with E-state index in [1.165, 1.54) is 4.57 Å². The molecule has 0 atom stereocenters. The van der Waals surface area contributed by atoms with E-state index in [4.69, 9.17) is 4.74 Å². The molecule has 0 aliphatic heterocycles. The van der Waals surface area contributed by atoms with Crippen LogP contribution in [-0.4, -0.2) is 12.7 Å². The maximum Gasteiger partial charge on any atom is 0.601 e. The minimum atomic E-state index is -0.322. The molecule has 0 amide bonds. The molecule has 1 heterocycles. The summed E-state index contributed by atoms with van der Waals surface area (Å²) in [7, 11) is 0. The number of pyridine rings is 1. The molecule has 1 rings (SSSR count). The third kappa shape index (κ3) is 2.34. The van der Waals surface area contributed by atoms with Crippen molar-refractivity contribution in [2.75, 3.05) is 6.61 Å². The van der Waals surface area contributed by atoms with Crippen LogP contribution in [0.3, 0.4) is 0 Å². The van der Waals surface area contributed by atoms with Crippen molar-refractivity contribution in [3.63, 3.8) is 0 Å². The summed E-state index contributed by atoms with van der Waals surface area (Å²) >= 11 is 0. The predicted molar refractivity (Wildman–Crippen MR) is 43.7 cm³/mol. The van der Waals surface area contributed by atoms with Gasteiger partial charge in [0.1, 0.15) is 0 Å². The van der Waals surface area contributed by atoms with E-state index in [1.807, 2.05) is 13.0 Å². The number of aromatic nitrogens is 1. The predicted octanol–water partition coefficient (Wildman–Crippen LogP) is 1.37. The molecule has 0 radical (unpaired) electrons. The normalized spacial score (nSPS) is 9.42. The van der Waals surface area contributed by atoms with Gasteiger partial charge in [0.15, 0.2) is 12.4 Å². The van der Waals surface area contributed by atoms with E-state index in [0.717, 1.165) is 6.42 Å². The molecule has 0 saturated heterocycles. The Kier molecular flexibility index (Phi) is 3.26. The molecule has 0 bridgehead atoms. The Hall–Kier alpha value is -1.38. The third-order valence-electron chi connectivity index (χ3n) is 1.36. The second kappa shape index (κ2) is 4.49. The Morgan fingerprint density at radius 2 is 2.00 bits per heavy atom. The first-order valence-electron chi connectivity index (χ1n) is 3.98. The number of ether oxygens (including phenoxy) is 1. The zero-order valence-corrected chi connectivity index (χ0v) is 7.06. The highest BCUT2D eigenvalue weighted by Gasteiger charge is 2.13. The van der Waals surface area contributed by atoms with Gasteiger partial charge >= 0.3 is 6.09 Å². The average Bonchev–Trinajstić information content (AvgIpc) is 2.15. The van der Waals surface area contributed by atoms with Crippen molar-refractivity contribution in [1.82, 2.24) is 0 Å². The number of carbonyl (C=O) groups excluding carboxylic acids is 1. The minimum absolute atomic E-state index is 0.322. The molecular weight excluding hydrogens is 154 g/mol. The lowest BCUT2D eigenvalue weighted by molar-refractivity contribution is -0.586. The fourth-order valence-electron chi connectivity index (χ4n) is 0.784. The van der Waals surface area contributed by atoms with Gasteiger partial charge in [-0.1, -0.05) is 17.6 Å². The summed E-state index contributed by atoms with van der Waals surface area (Å²) in [6.45, 7) is 2.43. The van der Waals surface area contributed by atoms with Gasteiger partial charge in [-0.05, 0) is 6.42 Å². The van der Waals surface area contributed by atoms with Crippen LogP contribution in [0.4, 0.5) is 4.79 Å². The van der Waals surface area contributed by atoms with Crippen molar-refractivity contribution in [3.8, 4) is 0 Å². The molecule has 64 valence electrons. The second-order valence-electron chi connectivity index (χ2n) is 2.40. The van der Waals surface area contributed by atoms with Gasteiger partial charge in [0, 0.05) is 12.1 Å². The number of rotatable bonds is 2. The highest BCUT2D eigenvalue weighted by molar-refractivity contribution is 5.56. The Bertz CT molecular complexity index is 246. The highest BCUT2D eigenvalue weighted by Crippen LogP contribution is 1.83. The maximum absolute atomic E-state index is 11.1. The van der Waals surface area contributed by atoms with E-state index in [9.17, 15) is 4.79 Å². The van der Waals surface area contributed by atoms with Crippen molar-refractivity contribution in [1.29, 1.82) is 0 Å². The van der Waals surface area contributed by atoms with Gasteiger partial charge in [-0.15, -0.1) is 0 Å². The minimum Gasteiger partial charge on any atom is -0.412 e. The number of carbonyl (C=O) groups is 1. The fourth-order valence-corrected chi connectivity index (χ4v) is 0.784. The van der Waals surface area contributed by atoms with Gasteiger partial charge < -0.3 is 4.74 Å². The van der Waals surface area contributed by atoms with Crippen LogP contribution in [-0.2, 0) is 4.74 Å². The van der Waals surface area contributed by atoms with Crippen LogP contribution in [0.25, 0.3) is 0 Å². The van der Waals surface area contributed by atoms with Crippen LogP contribution < -0.4 is 4.57 Å². The van der Waals surface area contributed by atoms with Crippen molar-refractivity contribution in [3.05, 3.63) is 30.6 Å². The summed E-state index contributed by atoms with van der Waals surface area (Å²) < 4.78 is 6.31. The molecule has 0 aromatic carbocycles. The molecule has 12 heavy (non-hydrogen) atoms. The van der Waals surface area contributed by atoms with Gasteiger partial charge in [0.05, 0.1) is 6.61 Å². The summed E-state index contributed by atoms with van der Waals surface area (Å²) in [6.07, 6.45) is 3.85. The Labute approximate surface area is 71.6 Å². The Morgan fingerprint density at radius 1 is 1.33 bits per heavy atom. The van der Waals surface area contributed by atoms with Crippen LogP contribution >= 0.6 is 0 Å². The lowest BCUT2D eigenvalue weighted by Crippen LogP contribution is -2.42. The van der Waals surface area contributed by atoms with E-state index < -0.39 is 0 Å². The summed E-state index contributed by atoms with van der Waals surface area (Å²) in [5, 5.41) is 0. The third-order valence-corrected chi connectivity index (χ3v) is 1.36. The van der Waals surface area contributed by atoms with Crippen LogP contribution in [0.1, 0.15) is 13.3 Å². The van der Waals surface area contributed by atoms with Crippen molar-refractivity contribution < 1.29 is 14.1 Å². The van der Waals surface area contributed by atoms with Crippen LogP contribution in [0.2, 0.25) is 0 Å². The molecule has 0 N–H and O–H groups in total. The van der Waals surface area contributed by atoms with Gasteiger partial charge in [0.25, 0.3) is 0 Å². The Balaban J connectivity index is 2.54. The molecule has 0 spiro atoms. The lowest BCUT2D eigenvalue weighted by atomic mass is 10.5. The summed E-state index contributed by atoms with van der Waals surface area (Å²) in [6, 6.07) is 5.42. The number of nitrogens with zero attached hydrogens (tertiary/aromatic N) is 1. The molecule has 0 unspecified atom stereocenters. The fraction of sp³-hybridized carbons (Fsp3) is 0.333. The molecule has 1 aromatic rings. The second-order valence-corrected chi connectivity index (χ2v) is 2.40. The molecule has 1 aromatic heterocycles. The first-order valence-corrected chi connectivity index (χ1v) is 3.98. The average molecular weight is 166 g/mol. The molecule has 3 heteroatoms. The molecule has 3 nitrogen and oxygen atoms in total. The van der Waals surface area contributed by atoms with Gasteiger partial charge in [-0.25, -0.2) is 0 Å². The van der Waals surface area contributed by atoms with E-state index >= 15 is 0 Å². The number of hydrogen-bond acceptors (Lipinski definition) is 2. The molecule has 0 saturated carbocycles. The first kappa shape index (κ1) is 8.71. The van der Waals surface area contributed by atoms with Gasteiger partial charge in [-0.2, -0.15) is 4.79 Å². The molecule has 0 fully saturated rings. The van der Waals surface area contributed by atoms with Crippen molar-refractivity contribution in [2.45, 2.75) is 13.3 Å². The monoisotopic (exact) mass is 166 g/mol. The van der Waals surface area contributed by atoms with Gasteiger partial charge in [0.2, 0.25) is 0 Å². The van der Waals surface area contributed by atoms with E-state index in [-0.39, 0.29) is 6.09 Å². The number of hydrogen-bond donors (Lipinski definition) is 0. The van der Waals surface area contributed by atoms with Crippen LogP contribution in [0.5, 0.6) is 0 Å². The van der Waals surface area contributed by atoms with Crippen LogP contribution in [0.15, 0.2) is 30.6 Å². The van der Waals surface area contributed by atoms with Crippen molar-refractivity contribution >= 4 is 6.09 Å². The zero-order chi connectivity index (χ0) is 8.81. The smallest absolute Gasteiger partial charge is 0.412 e. The van der Waals surface area contributed by atoms with E-state index in [2.05, 4.69) is 0 Å². The quantitative estimate of drug-likeness (QED) is 0.621. The Morgan fingerprint density at radius 3 is 2.58 bits per heavy atom. The highest BCUT2D eigenvalue weighted by atomic mass is 16.5. The molecule has 0 aliphatic rings. The summed E-state index contributed by atoms with van der Waals surface area (Å²) in [4.78, 5) is 11.1. The topological polar surface area (TPSA) is 30.2 Å². The lowest BCUT2D eigenvalue weighted by Gasteiger charge is -1.95. The first-order chi connectivity index (χ1) is 5.84. The van der Waals surface area contributed by atoms with Crippen LogP contribution in [0, 0.1) is 0 Å². The molecular formula is C9H12NO2+. The zero-order valence-electron chi connectivity index (χ0n) is 7.06. The van der Waals surface area contributed by atoms with Gasteiger partial charge in [-0.3, -0.25) is 0 Å². The standard InChI is InChI=1S/C9H12NO2/c1-2-8-12-9(11)10-6-4-3-5-7-10/h3-7H,2,8H2,1H3/q+1. The summed E-state index contributed by atoms with van der Waals surface area (Å²) in [5.74, 6) is 0.